The molecular weight excluding hydrogens is 345 g/mol. The molecule has 0 saturated carbocycles. The van der Waals surface area contributed by atoms with Crippen molar-refractivity contribution in [1.82, 2.24) is 4.98 Å². The van der Waals surface area contributed by atoms with Crippen LogP contribution in [0, 0.1) is 5.82 Å². The van der Waals surface area contributed by atoms with Gasteiger partial charge in [-0.1, -0.05) is 18.2 Å². The first-order valence-corrected chi connectivity index (χ1v) is 8.63. The highest BCUT2D eigenvalue weighted by Crippen LogP contribution is 2.17. The van der Waals surface area contributed by atoms with Crippen molar-refractivity contribution in [3.8, 4) is 5.75 Å². The van der Waals surface area contributed by atoms with Gasteiger partial charge in [0, 0.05) is 29.7 Å². The largest absolute Gasteiger partial charge is 0.494 e. The van der Waals surface area contributed by atoms with E-state index in [0.29, 0.717) is 30.1 Å². The van der Waals surface area contributed by atoms with Crippen LogP contribution in [0.4, 0.5) is 15.8 Å². The summed E-state index contributed by atoms with van der Waals surface area (Å²) in [5, 5.41) is 5.90. The number of rotatable bonds is 7. The highest BCUT2D eigenvalue weighted by atomic mass is 19.1. The van der Waals surface area contributed by atoms with Crippen LogP contribution in [0.15, 0.2) is 66.9 Å². The van der Waals surface area contributed by atoms with Crippen molar-refractivity contribution < 1.29 is 13.9 Å². The topological polar surface area (TPSA) is 63.2 Å². The maximum absolute atomic E-state index is 13.7. The Hall–Kier alpha value is -3.41. The molecule has 0 aliphatic heterocycles. The van der Waals surface area contributed by atoms with E-state index in [0.717, 1.165) is 5.75 Å². The van der Waals surface area contributed by atoms with Crippen molar-refractivity contribution in [3.05, 3.63) is 83.9 Å². The fraction of sp³-hybridized carbons (Fsp3) is 0.143. The first-order chi connectivity index (χ1) is 13.2. The summed E-state index contributed by atoms with van der Waals surface area (Å²) < 4.78 is 19.1. The zero-order valence-electron chi connectivity index (χ0n) is 14.9. The summed E-state index contributed by atoms with van der Waals surface area (Å²) in [7, 11) is 0. The van der Waals surface area contributed by atoms with Gasteiger partial charge in [-0.05, 0) is 49.4 Å². The zero-order chi connectivity index (χ0) is 19.1. The van der Waals surface area contributed by atoms with Gasteiger partial charge >= 0.3 is 0 Å². The number of ether oxygens (including phenoxy) is 1. The van der Waals surface area contributed by atoms with Crippen LogP contribution in [0.3, 0.4) is 0 Å². The molecule has 0 spiro atoms. The van der Waals surface area contributed by atoms with Crippen LogP contribution >= 0.6 is 0 Å². The average molecular weight is 365 g/mol. The molecule has 0 aliphatic rings. The van der Waals surface area contributed by atoms with E-state index < -0.39 is 0 Å². The fourth-order valence-electron chi connectivity index (χ4n) is 2.50. The van der Waals surface area contributed by atoms with Crippen LogP contribution in [0.5, 0.6) is 5.75 Å². The van der Waals surface area contributed by atoms with Crippen molar-refractivity contribution in [3.63, 3.8) is 0 Å². The van der Waals surface area contributed by atoms with Gasteiger partial charge in [0.05, 0.1) is 6.61 Å². The summed E-state index contributed by atoms with van der Waals surface area (Å²) in [6.45, 7) is 2.81. The number of halogens is 1. The second-order valence-electron chi connectivity index (χ2n) is 5.79. The standard InChI is InChI=1S/C21H20FN3O2/c1-2-27-18-9-7-16(8-10-18)25-21(26)20-13-17(11-12-23-20)24-14-15-5-3-4-6-19(15)22/h3-13H,2,14H2,1H3,(H,23,24)(H,25,26). The third kappa shape index (κ3) is 5.04. The Morgan fingerprint density at radius 2 is 1.85 bits per heavy atom. The van der Waals surface area contributed by atoms with Crippen molar-refractivity contribution in [2.24, 2.45) is 0 Å². The van der Waals surface area contributed by atoms with Crippen LogP contribution in [0.2, 0.25) is 0 Å². The molecule has 1 aromatic heterocycles. The van der Waals surface area contributed by atoms with Gasteiger partial charge in [0.25, 0.3) is 5.91 Å². The quantitative estimate of drug-likeness (QED) is 0.648. The Morgan fingerprint density at radius 1 is 1.07 bits per heavy atom. The minimum Gasteiger partial charge on any atom is -0.494 e. The molecule has 3 rings (SSSR count). The zero-order valence-corrected chi connectivity index (χ0v) is 14.9. The smallest absolute Gasteiger partial charge is 0.274 e. The average Bonchev–Trinajstić information content (AvgIpc) is 2.69. The molecule has 1 amide bonds. The van der Waals surface area contributed by atoms with Gasteiger partial charge in [-0.15, -0.1) is 0 Å². The molecule has 0 aliphatic carbocycles. The number of carbonyl (C=O) groups excluding carboxylic acids is 1. The number of aromatic nitrogens is 1. The SMILES string of the molecule is CCOc1ccc(NC(=O)c2cc(NCc3ccccc3F)ccn2)cc1. The van der Waals surface area contributed by atoms with Gasteiger partial charge in [-0.2, -0.15) is 0 Å². The third-order valence-electron chi connectivity index (χ3n) is 3.86. The lowest BCUT2D eigenvalue weighted by Crippen LogP contribution is -2.14. The highest BCUT2D eigenvalue weighted by molar-refractivity contribution is 6.03. The number of nitrogens with one attached hydrogen (secondary N) is 2. The van der Waals surface area contributed by atoms with Gasteiger partial charge in [0.1, 0.15) is 17.3 Å². The van der Waals surface area contributed by atoms with Crippen molar-refractivity contribution in [2.45, 2.75) is 13.5 Å². The summed E-state index contributed by atoms with van der Waals surface area (Å²) >= 11 is 0. The molecule has 6 heteroatoms. The lowest BCUT2D eigenvalue weighted by atomic mass is 10.2. The molecule has 0 fully saturated rings. The molecule has 0 radical (unpaired) electrons. The van der Waals surface area contributed by atoms with Gasteiger partial charge < -0.3 is 15.4 Å². The molecular formula is C21H20FN3O2. The van der Waals surface area contributed by atoms with Crippen LogP contribution < -0.4 is 15.4 Å². The molecule has 27 heavy (non-hydrogen) atoms. The number of benzene rings is 2. The fourth-order valence-corrected chi connectivity index (χ4v) is 2.50. The number of hydrogen-bond acceptors (Lipinski definition) is 4. The number of amides is 1. The number of nitrogens with zero attached hydrogens (tertiary/aromatic N) is 1. The number of hydrogen-bond donors (Lipinski definition) is 2. The molecule has 3 aromatic rings. The Balaban J connectivity index is 1.63. The monoisotopic (exact) mass is 365 g/mol. The predicted molar refractivity (Wildman–Crippen MR) is 104 cm³/mol. The number of pyridine rings is 1. The van der Waals surface area contributed by atoms with Crippen molar-refractivity contribution >= 4 is 17.3 Å². The maximum Gasteiger partial charge on any atom is 0.274 e. The lowest BCUT2D eigenvalue weighted by molar-refractivity contribution is 0.102. The van der Waals surface area contributed by atoms with E-state index in [4.69, 9.17) is 4.74 Å². The summed E-state index contributed by atoms with van der Waals surface area (Å²) in [6, 6.07) is 17.0. The maximum atomic E-state index is 13.7. The van der Waals surface area contributed by atoms with Crippen LogP contribution in [0.25, 0.3) is 0 Å². The Bertz CT molecular complexity index is 913. The van der Waals surface area contributed by atoms with E-state index >= 15 is 0 Å². The minimum absolute atomic E-state index is 0.266. The van der Waals surface area contributed by atoms with E-state index in [-0.39, 0.29) is 17.4 Å². The van der Waals surface area contributed by atoms with E-state index in [9.17, 15) is 9.18 Å². The summed E-state index contributed by atoms with van der Waals surface area (Å²) in [6.07, 6.45) is 1.54. The first-order valence-electron chi connectivity index (χ1n) is 8.63. The third-order valence-corrected chi connectivity index (χ3v) is 3.86. The van der Waals surface area contributed by atoms with Crippen LogP contribution in [-0.2, 0) is 6.54 Å². The first kappa shape index (κ1) is 18.4. The molecule has 0 saturated heterocycles. The molecule has 0 unspecified atom stereocenters. The van der Waals surface area contributed by atoms with E-state index in [1.54, 1.807) is 54.6 Å². The Labute approximate surface area is 157 Å². The van der Waals surface area contributed by atoms with Gasteiger partial charge in [-0.25, -0.2) is 4.39 Å². The Morgan fingerprint density at radius 3 is 2.59 bits per heavy atom. The van der Waals surface area contributed by atoms with Gasteiger partial charge in [0.2, 0.25) is 0 Å². The second kappa shape index (κ2) is 8.80. The predicted octanol–water partition coefficient (Wildman–Crippen LogP) is 4.48. The number of anilines is 2. The van der Waals surface area contributed by atoms with E-state index in [2.05, 4.69) is 15.6 Å². The Kier molecular flexibility index (Phi) is 5.99. The van der Waals surface area contributed by atoms with E-state index in [1.165, 1.54) is 12.3 Å². The summed E-state index contributed by atoms with van der Waals surface area (Å²) in [5.74, 6) is 0.147. The summed E-state index contributed by atoms with van der Waals surface area (Å²) in [4.78, 5) is 16.5. The molecule has 5 nitrogen and oxygen atoms in total. The van der Waals surface area contributed by atoms with E-state index in [1.807, 2.05) is 6.92 Å². The molecule has 2 N–H and O–H groups in total. The number of carbonyl (C=O) groups is 1. The lowest BCUT2D eigenvalue weighted by Gasteiger charge is -2.10. The second-order valence-corrected chi connectivity index (χ2v) is 5.79. The molecule has 2 aromatic carbocycles. The van der Waals surface area contributed by atoms with Crippen LogP contribution in [-0.4, -0.2) is 17.5 Å². The minimum atomic E-state index is -0.325. The van der Waals surface area contributed by atoms with Crippen molar-refractivity contribution in [1.29, 1.82) is 0 Å². The molecule has 0 atom stereocenters. The van der Waals surface area contributed by atoms with Gasteiger partial charge in [0.15, 0.2) is 0 Å². The van der Waals surface area contributed by atoms with Crippen molar-refractivity contribution in [2.75, 3.05) is 17.2 Å². The van der Waals surface area contributed by atoms with Gasteiger partial charge in [-0.3, -0.25) is 9.78 Å². The van der Waals surface area contributed by atoms with Crippen LogP contribution in [0.1, 0.15) is 23.0 Å². The molecule has 1 heterocycles. The summed E-state index contributed by atoms with van der Waals surface area (Å²) in [5.41, 5.74) is 2.15. The molecule has 138 valence electrons. The molecule has 0 bridgehead atoms. The highest BCUT2D eigenvalue weighted by Gasteiger charge is 2.09. The normalized spacial score (nSPS) is 10.3.